The molecular formula is C23H29F2N5O2. The molecule has 1 aromatic heterocycles. The van der Waals surface area contributed by atoms with Crippen LogP contribution in [0.4, 0.5) is 14.6 Å². The molecule has 1 aromatic rings. The molecule has 4 N–H and O–H groups in total. The van der Waals surface area contributed by atoms with Crippen molar-refractivity contribution in [3.8, 4) is 5.75 Å². The third-order valence-electron chi connectivity index (χ3n) is 8.13. The number of alkyl halides is 2. The van der Waals surface area contributed by atoms with E-state index in [2.05, 4.69) is 14.6 Å². The molecule has 7 rings (SSSR count). The van der Waals surface area contributed by atoms with Crippen molar-refractivity contribution in [1.82, 2.24) is 9.88 Å². The summed E-state index contributed by atoms with van der Waals surface area (Å²) in [6.45, 7) is 1.51. The van der Waals surface area contributed by atoms with Crippen LogP contribution in [-0.2, 0) is 4.74 Å². The lowest BCUT2D eigenvalue weighted by Gasteiger charge is -2.32. The summed E-state index contributed by atoms with van der Waals surface area (Å²) in [6, 6.07) is 2.04. The van der Waals surface area contributed by atoms with E-state index in [9.17, 15) is 8.78 Å². The Hall–Kier alpha value is -2.26. The third-order valence-corrected chi connectivity index (χ3v) is 8.13. The number of hydrogen-bond acceptors (Lipinski definition) is 7. The summed E-state index contributed by atoms with van der Waals surface area (Å²) in [5, 5.41) is 0. The van der Waals surface area contributed by atoms with Crippen LogP contribution >= 0.6 is 0 Å². The summed E-state index contributed by atoms with van der Waals surface area (Å²) in [5.41, 5.74) is 14.3. The van der Waals surface area contributed by atoms with Gasteiger partial charge in [0.05, 0.1) is 13.2 Å². The van der Waals surface area contributed by atoms with Crippen molar-refractivity contribution in [3.63, 3.8) is 0 Å². The molecular weight excluding hydrogens is 416 g/mol. The van der Waals surface area contributed by atoms with Crippen LogP contribution in [0, 0.1) is 29.1 Å². The largest absolute Gasteiger partial charge is 0.431 e. The van der Waals surface area contributed by atoms with Crippen LogP contribution in [0.2, 0.25) is 0 Å². The maximum atomic E-state index is 12.7. The quantitative estimate of drug-likeness (QED) is 0.596. The van der Waals surface area contributed by atoms with Gasteiger partial charge in [-0.15, -0.1) is 0 Å². The number of allylic oxidation sites excluding steroid dienone is 1. The Bertz CT molecular complexity index is 969. The molecule has 2 bridgehead atoms. The van der Waals surface area contributed by atoms with E-state index < -0.39 is 6.61 Å². The molecule has 0 amide bonds. The summed E-state index contributed by atoms with van der Waals surface area (Å²) in [4.78, 5) is 11.6. The second-order valence-electron chi connectivity index (χ2n) is 9.80. The van der Waals surface area contributed by atoms with Crippen LogP contribution in [0.25, 0.3) is 5.70 Å². The molecule has 2 unspecified atom stereocenters. The summed E-state index contributed by atoms with van der Waals surface area (Å²) < 4.78 is 35.4. The zero-order valence-corrected chi connectivity index (χ0v) is 17.9. The number of ether oxygens (including phenoxy) is 2. The highest BCUT2D eigenvalue weighted by Crippen LogP contribution is 2.92. The minimum absolute atomic E-state index is 0.0843. The lowest BCUT2D eigenvalue weighted by atomic mass is 9.97. The Morgan fingerprint density at radius 1 is 1.34 bits per heavy atom. The van der Waals surface area contributed by atoms with Crippen molar-refractivity contribution >= 4 is 17.2 Å². The van der Waals surface area contributed by atoms with E-state index in [1.54, 1.807) is 0 Å². The SMILES string of the molecule is NC(=CC(=NCC1CC1)[C@]12C3C(N4CCOCC4)C[C@@H]1[C@H]32)c1cnc(N)c(OC(F)F)c1. The number of hydrogen-bond donors (Lipinski definition) is 2. The first-order valence-electron chi connectivity index (χ1n) is 11.5. The number of rotatable bonds is 8. The Balaban J connectivity index is 1.26. The lowest BCUT2D eigenvalue weighted by molar-refractivity contribution is -0.0495. The molecule has 32 heavy (non-hydrogen) atoms. The number of halogens is 2. The predicted octanol–water partition coefficient (Wildman–Crippen LogP) is 2.38. The number of aromatic nitrogens is 1. The van der Waals surface area contributed by atoms with E-state index in [0.717, 1.165) is 38.6 Å². The number of nitrogens with two attached hydrogens (primary N) is 2. The first-order chi connectivity index (χ1) is 15.5. The minimum atomic E-state index is -2.97. The Morgan fingerprint density at radius 3 is 2.81 bits per heavy atom. The standard InChI is InChI=1S/C23H29F2N5O2/c24-22(25)32-17-7-13(11-29-21(17)27)15(26)9-18(28-10-12-1-2-12)23-14-8-16(20(23)19(14)23)30-3-5-31-6-4-30/h7,9,11-12,14,16,19-20,22H,1-6,8,10,26H2,(H2,27,29)/t14-,16?,19-,20?,23-/m1/s1. The second kappa shape index (κ2) is 7.38. The van der Waals surface area contributed by atoms with Crippen LogP contribution in [0.3, 0.4) is 0 Å². The fourth-order valence-electron chi connectivity index (χ4n) is 6.35. The van der Waals surface area contributed by atoms with Crippen molar-refractivity contribution in [1.29, 1.82) is 0 Å². The summed E-state index contributed by atoms with van der Waals surface area (Å²) in [7, 11) is 0. The van der Waals surface area contributed by atoms with Gasteiger partial charge in [0.2, 0.25) is 0 Å². The molecule has 1 saturated heterocycles. The molecule has 5 atom stereocenters. The van der Waals surface area contributed by atoms with E-state index in [1.807, 2.05) is 6.08 Å². The van der Waals surface area contributed by atoms with Crippen molar-refractivity contribution in [2.45, 2.75) is 31.9 Å². The number of morpholine rings is 1. The summed E-state index contributed by atoms with van der Waals surface area (Å²) in [5.74, 6) is 2.48. The van der Waals surface area contributed by atoms with E-state index >= 15 is 0 Å². The zero-order chi connectivity index (χ0) is 22.0. The fraction of sp³-hybridized carbons (Fsp3) is 0.652. The summed E-state index contributed by atoms with van der Waals surface area (Å²) >= 11 is 0. The van der Waals surface area contributed by atoms with Crippen molar-refractivity contribution in [2.24, 2.45) is 39.8 Å². The maximum Gasteiger partial charge on any atom is 0.387 e. The van der Waals surface area contributed by atoms with Gasteiger partial charge >= 0.3 is 6.61 Å². The molecule has 172 valence electrons. The fourth-order valence-corrected chi connectivity index (χ4v) is 6.35. The van der Waals surface area contributed by atoms with Crippen molar-refractivity contribution in [3.05, 3.63) is 23.9 Å². The number of anilines is 1. The van der Waals surface area contributed by atoms with Gasteiger partial charge in [-0.25, -0.2) is 4.98 Å². The topological polar surface area (TPSA) is 99.0 Å². The van der Waals surface area contributed by atoms with Crippen molar-refractivity contribution < 1.29 is 18.3 Å². The van der Waals surface area contributed by atoms with E-state index in [0.29, 0.717) is 41.0 Å². The second-order valence-corrected chi connectivity index (χ2v) is 9.80. The van der Waals surface area contributed by atoms with Gasteiger partial charge in [-0.05, 0) is 55.1 Å². The monoisotopic (exact) mass is 445 g/mol. The van der Waals surface area contributed by atoms with Gasteiger partial charge in [-0.2, -0.15) is 8.78 Å². The molecule has 0 spiro atoms. The van der Waals surface area contributed by atoms with E-state index in [4.69, 9.17) is 21.2 Å². The highest BCUT2D eigenvalue weighted by Gasteiger charge is 2.93. The van der Waals surface area contributed by atoms with Crippen LogP contribution in [-0.4, -0.2) is 61.1 Å². The summed E-state index contributed by atoms with van der Waals surface area (Å²) in [6.07, 6.45) is 7.16. The average molecular weight is 446 g/mol. The first kappa shape index (κ1) is 20.4. The van der Waals surface area contributed by atoms with Gasteiger partial charge in [0.1, 0.15) is 0 Å². The van der Waals surface area contributed by atoms with E-state index in [1.165, 1.54) is 31.5 Å². The zero-order valence-electron chi connectivity index (χ0n) is 17.9. The molecule has 5 aliphatic carbocycles. The number of pyridine rings is 1. The molecule has 7 nitrogen and oxygen atoms in total. The Kier molecular flexibility index (Phi) is 4.69. The molecule has 9 heteroatoms. The van der Waals surface area contributed by atoms with Crippen LogP contribution < -0.4 is 16.2 Å². The normalized spacial score (nSPS) is 36.3. The van der Waals surface area contributed by atoms with Gasteiger partial charge in [0.25, 0.3) is 0 Å². The van der Waals surface area contributed by atoms with Gasteiger partial charge < -0.3 is 20.9 Å². The molecule has 5 saturated carbocycles. The van der Waals surface area contributed by atoms with Crippen molar-refractivity contribution in [2.75, 3.05) is 38.6 Å². The van der Waals surface area contributed by atoms with Crippen LogP contribution in [0.1, 0.15) is 24.8 Å². The lowest BCUT2D eigenvalue weighted by Crippen LogP contribution is -2.43. The average Bonchev–Trinajstić information content (AvgIpc) is 3.74. The number of nitrogens with zero attached hydrogens (tertiary/aromatic N) is 3. The van der Waals surface area contributed by atoms with Crippen LogP contribution in [0.5, 0.6) is 5.75 Å². The molecule has 6 fully saturated rings. The van der Waals surface area contributed by atoms with Gasteiger partial charge in [-0.3, -0.25) is 9.89 Å². The minimum Gasteiger partial charge on any atom is -0.431 e. The Morgan fingerprint density at radius 2 is 2.12 bits per heavy atom. The van der Waals surface area contributed by atoms with E-state index in [-0.39, 0.29) is 17.0 Å². The highest BCUT2D eigenvalue weighted by molar-refractivity contribution is 6.10. The molecule has 0 aromatic carbocycles. The first-order valence-corrected chi connectivity index (χ1v) is 11.5. The van der Waals surface area contributed by atoms with Gasteiger partial charge in [0.15, 0.2) is 11.6 Å². The smallest absolute Gasteiger partial charge is 0.387 e. The maximum absolute atomic E-state index is 12.7. The molecule has 2 heterocycles. The highest BCUT2D eigenvalue weighted by atomic mass is 19.3. The Labute approximate surface area is 185 Å². The molecule has 1 aliphatic heterocycles. The van der Waals surface area contributed by atoms with Gasteiger partial charge in [-0.1, -0.05) is 0 Å². The number of nitrogen functional groups attached to an aromatic ring is 1. The van der Waals surface area contributed by atoms with Gasteiger partial charge in [0, 0.05) is 54.3 Å². The molecule has 6 aliphatic rings. The number of fused-ring (bicyclic) bond motifs is 1. The molecule has 0 radical (unpaired) electrons. The predicted molar refractivity (Wildman–Crippen MR) is 116 cm³/mol. The third kappa shape index (κ3) is 3.20. The number of aliphatic imine (C=N–C) groups is 1. The van der Waals surface area contributed by atoms with Crippen LogP contribution in [0.15, 0.2) is 23.3 Å².